The predicted molar refractivity (Wildman–Crippen MR) is 93.6 cm³/mol. The van der Waals surface area contributed by atoms with E-state index < -0.39 is 5.60 Å². The lowest BCUT2D eigenvalue weighted by atomic mass is 10.1. The molecule has 0 bridgehead atoms. The first kappa shape index (κ1) is 18.5. The summed E-state index contributed by atoms with van der Waals surface area (Å²) in [6.07, 6.45) is -0.265. The molecular weight excluding hydrogens is 309 g/mol. The Kier molecular flexibility index (Phi) is 5.70. The van der Waals surface area contributed by atoms with E-state index in [1.807, 2.05) is 33.8 Å². The Balaban J connectivity index is 1.93. The molecule has 1 amide bonds. The van der Waals surface area contributed by atoms with Crippen molar-refractivity contribution in [3.05, 3.63) is 29.6 Å². The second-order valence-electron chi connectivity index (χ2n) is 7.32. The smallest absolute Gasteiger partial charge is 0.410 e. The highest BCUT2D eigenvalue weighted by Gasteiger charge is 2.30. The standard InChI is InChI=1S/C18H28FN3O2/c1-13-11-21(8-9-22(13)17(23)24-18(2,3)4)12-14-6-7-16(20-5)15(19)10-14/h6-7,10,13,20H,8-9,11-12H2,1-5H3/t13-/m0/s1. The molecule has 1 aliphatic rings. The van der Waals surface area contributed by atoms with E-state index in [0.717, 1.165) is 18.7 Å². The molecule has 6 heteroatoms. The van der Waals surface area contributed by atoms with Crippen LogP contribution < -0.4 is 5.32 Å². The summed E-state index contributed by atoms with van der Waals surface area (Å²) in [5.41, 5.74) is 0.951. The van der Waals surface area contributed by atoms with Crippen LogP contribution in [-0.2, 0) is 11.3 Å². The van der Waals surface area contributed by atoms with Crippen molar-refractivity contribution in [2.24, 2.45) is 0 Å². The molecule has 134 valence electrons. The van der Waals surface area contributed by atoms with Gasteiger partial charge in [0.1, 0.15) is 11.4 Å². The quantitative estimate of drug-likeness (QED) is 0.919. The van der Waals surface area contributed by atoms with Gasteiger partial charge in [-0.25, -0.2) is 9.18 Å². The van der Waals surface area contributed by atoms with Gasteiger partial charge < -0.3 is 15.0 Å². The molecule has 0 aliphatic carbocycles. The van der Waals surface area contributed by atoms with Crippen molar-refractivity contribution >= 4 is 11.8 Å². The number of benzene rings is 1. The zero-order valence-corrected chi connectivity index (χ0v) is 15.2. The van der Waals surface area contributed by atoms with Crippen LogP contribution in [0.25, 0.3) is 0 Å². The van der Waals surface area contributed by atoms with Crippen LogP contribution in [0.2, 0.25) is 0 Å². The van der Waals surface area contributed by atoms with Crippen molar-refractivity contribution < 1.29 is 13.9 Å². The predicted octanol–water partition coefficient (Wildman–Crippen LogP) is 3.31. The summed E-state index contributed by atoms with van der Waals surface area (Å²) in [6.45, 7) is 10.4. The lowest BCUT2D eigenvalue weighted by Gasteiger charge is -2.40. The summed E-state index contributed by atoms with van der Waals surface area (Å²) < 4.78 is 19.3. The number of piperazine rings is 1. The molecule has 1 heterocycles. The van der Waals surface area contributed by atoms with Crippen LogP contribution in [0, 0.1) is 5.82 Å². The van der Waals surface area contributed by atoms with Crippen LogP contribution in [0.15, 0.2) is 18.2 Å². The number of ether oxygens (including phenoxy) is 1. The molecule has 1 aromatic rings. The van der Waals surface area contributed by atoms with Crippen LogP contribution in [0.1, 0.15) is 33.3 Å². The zero-order chi connectivity index (χ0) is 17.9. The van der Waals surface area contributed by atoms with Gasteiger partial charge in [0.25, 0.3) is 0 Å². The van der Waals surface area contributed by atoms with E-state index in [9.17, 15) is 9.18 Å². The summed E-state index contributed by atoms with van der Waals surface area (Å²) in [4.78, 5) is 16.2. The fourth-order valence-electron chi connectivity index (χ4n) is 2.89. The third kappa shape index (κ3) is 4.84. The van der Waals surface area contributed by atoms with Crippen molar-refractivity contribution in [1.29, 1.82) is 0 Å². The fourth-order valence-corrected chi connectivity index (χ4v) is 2.89. The monoisotopic (exact) mass is 337 g/mol. The second-order valence-corrected chi connectivity index (χ2v) is 7.32. The largest absolute Gasteiger partial charge is 0.444 e. The molecule has 0 radical (unpaired) electrons. The molecule has 24 heavy (non-hydrogen) atoms. The van der Waals surface area contributed by atoms with Gasteiger partial charge in [-0.3, -0.25) is 4.90 Å². The van der Waals surface area contributed by atoms with E-state index in [0.29, 0.717) is 18.8 Å². The highest BCUT2D eigenvalue weighted by molar-refractivity contribution is 5.68. The maximum absolute atomic E-state index is 13.9. The number of carbonyl (C=O) groups excluding carboxylic acids is 1. The molecule has 1 N–H and O–H groups in total. The molecular formula is C18H28FN3O2. The summed E-state index contributed by atoms with van der Waals surface area (Å²) >= 11 is 0. The number of anilines is 1. The Bertz CT molecular complexity index is 586. The Morgan fingerprint density at radius 3 is 2.62 bits per heavy atom. The van der Waals surface area contributed by atoms with E-state index in [1.165, 1.54) is 0 Å². The molecule has 1 aromatic carbocycles. The van der Waals surface area contributed by atoms with Crippen LogP contribution in [0.5, 0.6) is 0 Å². The van der Waals surface area contributed by atoms with Gasteiger partial charge in [-0.2, -0.15) is 0 Å². The van der Waals surface area contributed by atoms with Gasteiger partial charge in [0.15, 0.2) is 0 Å². The van der Waals surface area contributed by atoms with Crippen molar-refractivity contribution in [3.8, 4) is 0 Å². The van der Waals surface area contributed by atoms with Gasteiger partial charge in [-0.05, 0) is 45.4 Å². The molecule has 1 aliphatic heterocycles. The van der Waals surface area contributed by atoms with Gasteiger partial charge >= 0.3 is 6.09 Å². The maximum atomic E-state index is 13.9. The normalized spacial score (nSPS) is 19.2. The molecule has 2 rings (SSSR count). The number of hydrogen-bond donors (Lipinski definition) is 1. The zero-order valence-electron chi connectivity index (χ0n) is 15.2. The fraction of sp³-hybridized carbons (Fsp3) is 0.611. The molecule has 5 nitrogen and oxygen atoms in total. The van der Waals surface area contributed by atoms with E-state index in [-0.39, 0.29) is 18.0 Å². The van der Waals surface area contributed by atoms with Crippen LogP contribution >= 0.6 is 0 Å². The number of nitrogens with zero attached hydrogens (tertiary/aromatic N) is 2. The average molecular weight is 337 g/mol. The first-order valence-corrected chi connectivity index (χ1v) is 8.38. The number of rotatable bonds is 3. The third-order valence-electron chi connectivity index (χ3n) is 4.05. The Hall–Kier alpha value is -1.82. The molecule has 0 aromatic heterocycles. The van der Waals surface area contributed by atoms with E-state index >= 15 is 0 Å². The van der Waals surface area contributed by atoms with E-state index in [2.05, 4.69) is 10.2 Å². The van der Waals surface area contributed by atoms with Crippen LogP contribution in [-0.4, -0.2) is 54.2 Å². The van der Waals surface area contributed by atoms with E-state index in [1.54, 1.807) is 24.1 Å². The van der Waals surface area contributed by atoms with Gasteiger partial charge in [0.2, 0.25) is 0 Å². The van der Waals surface area contributed by atoms with Gasteiger partial charge in [0, 0.05) is 39.3 Å². The topological polar surface area (TPSA) is 44.8 Å². The molecule has 0 spiro atoms. The number of hydrogen-bond acceptors (Lipinski definition) is 4. The van der Waals surface area contributed by atoms with Crippen LogP contribution in [0.3, 0.4) is 0 Å². The first-order chi connectivity index (χ1) is 11.2. The lowest BCUT2D eigenvalue weighted by Crippen LogP contribution is -2.54. The van der Waals surface area contributed by atoms with Crippen molar-refractivity contribution in [3.63, 3.8) is 0 Å². The Morgan fingerprint density at radius 1 is 1.38 bits per heavy atom. The Labute approximate surface area is 143 Å². The number of nitrogens with one attached hydrogen (secondary N) is 1. The summed E-state index contributed by atoms with van der Waals surface area (Å²) in [7, 11) is 1.70. The molecule has 0 unspecified atom stereocenters. The maximum Gasteiger partial charge on any atom is 0.410 e. The highest BCUT2D eigenvalue weighted by Crippen LogP contribution is 2.19. The SMILES string of the molecule is CNc1ccc(CN2CCN(C(=O)OC(C)(C)C)[C@@H](C)C2)cc1F. The third-order valence-corrected chi connectivity index (χ3v) is 4.05. The van der Waals surface area contributed by atoms with E-state index in [4.69, 9.17) is 4.74 Å². The second kappa shape index (κ2) is 7.38. The minimum atomic E-state index is -0.486. The Morgan fingerprint density at radius 2 is 2.08 bits per heavy atom. The van der Waals surface area contributed by atoms with Crippen molar-refractivity contribution in [2.45, 2.75) is 45.9 Å². The van der Waals surface area contributed by atoms with Gasteiger partial charge in [0.05, 0.1) is 5.69 Å². The molecule has 1 saturated heterocycles. The summed E-state index contributed by atoms with van der Waals surface area (Å²) in [5, 5.41) is 2.82. The minimum absolute atomic E-state index is 0.0648. The minimum Gasteiger partial charge on any atom is -0.444 e. The van der Waals surface area contributed by atoms with Crippen molar-refractivity contribution in [2.75, 3.05) is 32.0 Å². The summed E-state index contributed by atoms with van der Waals surface area (Å²) in [5.74, 6) is -0.240. The average Bonchev–Trinajstić information content (AvgIpc) is 2.45. The molecule has 1 fully saturated rings. The summed E-state index contributed by atoms with van der Waals surface area (Å²) in [6, 6.07) is 5.32. The molecule has 0 saturated carbocycles. The number of amides is 1. The first-order valence-electron chi connectivity index (χ1n) is 8.38. The highest BCUT2D eigenvalue weighted by atomic mass is 19.1. The lowest BCUT2D eigenvalue weighted by molar-refractivity contribution is 0.000559. The van der Waals surface area contributed by atoms with Gasteiger partial charge in [-0.1, -0.05) is 6.07 Å². The van der Waals surface area contributed by atoms with Gasteiger partial charge in [-0.15, -0.1) is 0 Å². The number of halogens is 1. The van der Waals surface area contributed by atoms with Crippen LogP contribution in [0.4, 0.5) is 14.9 Å². The molecule has 1 atom stereocenters. The number of carbonyl (C=O) groups is 1. The van der Waals surface area contributed by atoms with Crippen molar-refractivity contribution in [1.82, 2.24) is 9.80 Å².